The molecule has 0 atom stereocenters. The Balaban J connectivity index is 2.63. The zero-order valence-electron chi connectivity index (χ0n) is 10.1. The Bertz CT molecular complexity index is 443. The maximum atomic E-state index is 13.5. The van der Waals surface area contributed by atoms with Crippen molar-refractivity contribution in [2.24, 2.45) is 0 Å². The molecule has 0 unspecified atom stereocenters. The predicted molar refractivity (Wildman–Crippen MR) is 63.4 cm³/mol. The fraction of sp³-hybridized carbons (Fsp3) is 0.385. The summed E-state index contributed by atoms with van der Waals surface area (Å²) in [5, 5.41) is 8.45. The molecule has 0 saturated heterocycles. The van der Waals surface area contributed by atoms with Crippen molar-refractivity contribution in [2.45, 2.75) is 26.2 Å². The monoisotopic (exact) mass is 254 g/mol. The van der Waals surface area contributed by atoms with E-state index in [1.54, 1.807) is 6.92 Å². The van der Waals surface area contributed by atoms with Crippen LogP contribution < -0.4 is 4.74 Å². The average molecular weight is 254 g/mol. The fourth-order valence-electron chi connectivity index (χ4n) is 1.49. The number of aliphatic carboxylic acids is 1. The molecular weight excluding hydrogens is 239 g/mol. The fourth-order valence-corrected chi connectivity index (χ4v) is 1.49. The lowest BCUT2D eigenvalue weighted by Gasteiger charge is -2.06. The minimum atomic E-state index is -0.944. The largest absolute Gasteiger partial charge is 0.491 e. The van der Waals surface area contributed by atoms with Gasteiger partial charge < -0.3 is 9.84 Å². The molecule has 1 aromatic carbocycles. The number of carbonyl (C=O) groups is 2. The second kappa shape index (κ2) is 6.74. The van der Waals surface area contributed by atoms with Crippen LogP contribution in [0.3, 0.4) is 0 Å². The summed E-state index contributed by atoms with van der Waals surface area (Å²) in [5.74, 6) is -1.68. The molecule has 4 nitrogen and oxygen atoms in total. The molecule has 0 fully saturated rings. The van der Waals surface area contributed by atoms with Crippen molar-refractivity contribution in [1.29, 1.82) is 0 Å². The number of hydrogen-bond acceptors (Lipinski definition) is 3. The second-order valence-corrected chi connectivity index (χ2v) is 3.75. The molecule has 98 valence electrons. The van der Waals surface area contributed by atoms with Crippen LogP contribution in [0, 0.1) is 5.82 Å². The first-order valence-electron chi connectivity index (χ1n) is 5.72. The third-order valence-electron chi connectivity index (χ3n) is 2.35. The molecule has 0 amide bonds. The maximum Gasteiger partial charge on any atom is 0.303 e. The Labute approximate surface area is 104 Å². The van der Waals surface area contributed by atoms with Gasteiger partial charge in [-0.3, -0.25) is 9.59 Å². The predicted octanol–water partition coefficient (Wildman–Crippen LogP) is 2.66. The van der Waals surface area contributed by atoms with Crippen LogP contribution >= 0.6 is 0 Å². The van der Waals surface area contributed by atoms with Crippen molar-refractivity contribution < 1.29 is 23.8 Å². The van der Waals surface area contributed by atoms with Crippen LogP contribution in [-0.4, -0.2) is 23.5 Å². The SMILES string of the molecule is CCOc1ccc(C(=O)CCCC(=O)O)cc1F. The highest BCUT2D eigenvalue weighted by atomic mass is 19.1. The van der Waals surface area contributed by atoms with E-state index in [2.05, 4.69) is 0 Å². The molecule has 0 aliphatic carbocycles. The van der Waals surface area contributed by atoms with E-state index >= 15 is 0 Å². The molecule has 0 aromatic heterocycles. The highest BCUT2D eigenvalue weighted by Crippen LogP contribution is 2.19. The summed E-state index contributed by atoms with van der Waals surface area (Å²) in [7, 11) is 0. The number of benzene rings is 1. The van der Waals surface area contributed by atoms with Crippen molar-refractivity contribution in [1.82, 2.24) is 0 Å². The molecule has 0 aliphatic heterocycles. The molecule has 1 rings (SSSR count). The maximum absolute atomic E-state index is 13.5. The van der Waals surface area contributed by atoms with E-state index in [1.165, 1.54) is 12.1 Å². The number of carboxylic acids is 1. The van der Waals surface area contributed by atoms with Gasteiger partial charge in [0.05, 0.1) is 6.61 Å². The van der Waals surface area contributed by atoms with Gasteiger partial charge in [-0.15, -0.1) is 0 Å². The number of rotatable bonds is 7. The first-order valence-corrected chi connectivity index (χ1v) is 5.72. The number of ketones is 1. The number of carboxylic acid groups (broad SMARTS) is 1. The molecule has 0 heterocycles. The smallest absolute Gasteiger partial charge is 0.303 e. The lowest BCUT2D eigenvalue weighted by molar-refractivity contribution is -0.137. The molecular formula is C13H15FO4. The quantitative estimate of drug-likeness (QED) is 0.760. The van der Waals surface area contributed by atoms with Crippen LogP contribution in [0.15, 0.2) is 18.2 Å². The lowest BCUT2D eigenvalue weighted by Crippen LogP contribution is -2.03. The minimum Gasteiger partial charge on any atom is -0.491 e. The van der Waals surface area contributed by atoms with E-state index in [-0.39, 0.29) is 36.4 Å². The number of hydrogen-bond donors (Lipinski definition) is 1. The van der Waals surface area contributed by atoms with Gasteiger partial charge in [0.1, 0.15) is 0 Å². The molecule has 0 bridgehead atoms. The summed E-state index contributed by atoms with van der Waals surface area (Å²) in [4.78, 5) is 21.9. The van der Waals surface area contributed by atoms with Gasteiger partial charge in [0, 0.05) is 18.4 Å². The summed E-state index contributed by atoms with van der Waals surface area (Å²) >= 11 is 0. The highest BCUT2D eigenvalue weighted by molar-refractivity contribution is 5.96. The van der Waals surface area contributed by atoms with Gasteiger partial charge in [-0.05, 0) is 31.5 Å². The van der Waals surface area contributed by atoms with E-state index in [4.69, 9.17) is 9.84 Å². The summed E-state index contributed by atoms with van der Waals surface area (Å²) in [5.41, 5.74) is 0.237. The first-order chi connectivity index (χ1) is 8.54. The van der Waals surface area contributed by atoms with Crippen molar-refractivity contribution in [2.75, 3.05) is 6.61 Å². The van der Waals surface area contributed by atoms with E-state index in [0.717, 1.165) is 6.07 Å². The van der Waals surface area contributed by atoms with E-state index in [9.17, 15) is 14.0 Å². The van der Waals surface area contributed by atoms with Crippen LogP contribution in [0.5, 0.6) is 5.75 Å². The van der Waals surface area contributed by atoms with Crippen molar-refractivity contribution in [3.8, 4) is 5.75 Å². The second-order valence-electron chi connectivity index (χ2n) is 3.75. The Morgan fingerprint density at radius 2 is 2.06 bits per heavy atom. The topological polar surface area (TPSA) is 63.6 Å². The number of ether oxygens (including phenoxy) is 1. The van der Waals surface area contributed by atoms with Gasteiger partial charge in [-0.1, -0.05) is 0 Å². The molecule has 18 heavy (non-hydrogen) atoms. The number of halogens is 1. The highest BCUT2D eigenvalue weighted by Gasteiger charge is 2.11. The van der Waals surface area contributed by atoms with Crippen LogP contribution in [-0.2, 0) is 4.79 Å². The standard InChI is InChI=1S/C13H15FO4/c1-2-18-12-7-6-9(8-10(12)14)11(15)4-3-5-13(16)17/h6-8H,2-5H2,1H3,(H,16,17). The molecule has 1 aromatic rings. The number of Topliss-reactive ketones (excluding diaryl/α,β-unsaturated/α-hetero) is 1. The van der Waals surface area contributed by atoms with Crippen LogP contribution in [0.2, 0.25) is 0 Å². The van der Waals surface area contributed by atoms with Crippen molar-refractivity contribution >= 4 is 11.8 Å². The molecule has 0 aliphatic rings. The first kappa shape index (κ1) is 14.2. The zero-order valence-corrected chi connectivity index (χ0v) is 10.1. The van der Waals surface area contributed by atoms with Crippen molar-refractivity contribution in [3.63, 3.8) is 0 Å². The zero-order chi connectivity index (χ0) is 13.5. The van der Waals surface area contributed by atoms with E-state index < -0.39 is 11.8 Å². The third-order valence-corrected chi connectivity index (χ3v) is 2.35. The van der Waals surface area contributed by atoms with Gasteiger partial charge in [0.15, 0.2) is 17.3 Å². The summed E-state index contributed by atoms with van der Waals surface area (Å²) in [6.07, 6.45) is 0.286. The lowest BCUT2D eigenvalue weighted by atomic mass is 10.1. The van der Waals surface area contributed by atoms with Crippen LogP contribution in [0.1, 0.15) is 36.5 Å². The summed E-state index contributed by atoms with van der Waals surface area (Å²) < 4.78 is 18.5. The molecule has 1 N–H and O–H groups in total. The molecule has 0 radical (unpaired) electrons. The number of carbonyl (C=O) groups excluding carboxylic acids is 1. The van der Waals surface area contributed by atoms with E-state index in [0.29, 0.717) is 6.61 Å². The summed E-state index contributed by atoms with van der Waals surface area (Å²) in [6.45, 7) is 2.09. The van der Waals surface area contributed by atoms with Gasteiger partial charge in [-0.25, -0.2) is 4.39 Å². The van der Waals surface area contributed by atoms with Gasteiger partial charge >= 0.3 is 5.97 Å². The Morgan fingerprint density at radius 1 is 1.33 bits per heavy atom. The molecule has 0 saturated carbocycles. The Hall–Kier alpha value is -1.91. The minimum absolute atomic E-state index is 0.0642. The van der Waals surface area contributed by atoms with Gasteiger partial charge in [-0.2, -0.15) is 0 Å². The molecule has 5 heteroatoms. The Kier molecular flexibility index (Phi) is 5.30. The summed E-state index contributed by atoms with van der Waals surface area (Å²) in [6, 6.07) is 4.01. The van der Waals surface area contributed by atoms with Crippen LogP contribution in [0.25, 0.3) is 0 Å². The van der Waals surface area contributed by atoms with Crippen LogP contribution in [0.4, 0.5) is 4.39 Å². The van der Waals surface area contributed by atoms with E-state index in [1.807, 2.05) is 0 Å². The average Bonchev–Trinajstić information content (AvgIpc) is 2.31. The van der Waals surface area contributed by atoms with Gasteiger partial charge in [0.2, 0.25) is 0 Å². The van der Waals surface area contributed by atoms with Gasteiger partial charge in [0.25, 0.3) is 0 Å². The third kappa shape index (κ3) is 4.16. The molecule has 0 spiro atoms. The Morgan fingerprint density at radius 3 is 2.61 bits per heavy atom. The normalized spacial score (nSPS) is 10.1. The van der Waals surface area contributed by atoms with Crippen molar-refractivity contribution in [3.05, 3.63) is 29.6 Å².